The van der Waals surface area contributed by atoms with Gasteiger partial charge in [0, 0.05) is 11.4 Å². The van der Waals surface area contributed by atoms with E-state index in [1.54, 1.807) is 48.5 Å². The lowest BCUT2D eigenvalue weighted by atomic mass is 10.1. The highest BCUT2D eigenvalue weighted by atomic mass is 35.5. The Balaban J connectivity index is 1.61. The molecule has 36 heavy (non-hydrogen) atoms. The van der Waals surface area contributed by atoms with Gasteiger partial charge in [0.1, 0.15) is 23.1 Å². The molecule has 2 amide bonds. The number of nitriles is 1. The number of nitrogens with zero attached hydrogens (tertiary/aromatic N) is 1. The molecule has 0 spiro atoms. The van der Waals surface area contributed by atoms with Gasteiger partial charge in [-0.1, -0.05) is 40.9 Å². The summed E-state index contributed by atoms with van der Waals surface area (Å²) in [5, 5.41) is 15.7. The summed E-state index contributed by atoms with van der Waals surface area (Å²) in [6.45, 7) is 2.11. The van der Waals surface area contributed by atoms with Gasteiger partial charge in [-0.3, -0.25) is 9.59 Å². The molecule has 0 bridgehead atoms. The minimum atomic E-state index is -0.572. The SMILES string of the molecule is CCOc1ccc(NC(=O)/C(C#N)=C/c2ccc(OCC(=O)Nc3ccc(Cl)c(Cl)c3)c(Cl)c2)cc1. The molecule has 0 atom stereocenters. The summed E-state index contributed by atoms with van der Waals surface area (Å²) in [4.78, 5) is 24.7. The number of nitrogens with one attached hydrogen (secondary N) is 2. The fraction of sp³-hybridized carbons (Fsp3) is 0.115. The Kier molecular flexibility index (Phi) is 9.60. The van der Waals surface area contributed by atoms with Crippen molar-refractivity contribution in [1.82, 2.24) is 0 Å². The van der Waals surface area contributed by atoms with Crippen LogP contribution in [0, 0.1) is 11.3 Å². The molecule has 0 heterocycles. The van der Waals surface area contributed by atoms with E-state index in [0.29, 0.717) is 39.3 Å². The third kappa shape index (κ3) is 7.65. The monoisotopic (exact) mass is 543 g/mol. The number of carbonyl (C=O) groups excluding carboxylic acids is 2. The molecule has 0 saturated carbocycles. The van der Waals surface area contributed by atoms with E-state index in [4.69, 9.17) is 44.3 Å². The van der Waals surface area contributed by atoms with E-state index in [0.717, 1.165) is 0 Å². The summed E-state index contributed by atoms with van der Waals surface area (Å²) in [5.41, 5.74) is 1.38. The van der Waals surface area contributed by atoms with E-state index in [9.17, 15) is 14.9 Å². The largest absolute Gasteiger partial charge is 0.494 e. The second kappa shape index (κ2) is 12.8. The van der Waals surface area contributed by atoms with E-state index in [1.807, 2.05) is 13.0 Å². The van der Waals surface area contributed by atoms with Gasteiger partial charge < -0.3 is 20.1 Å². The number of amides is 2. The number of hydrogen-bond donors (Lipinski definition) is 2. The van der Waals surface area contributed by atoms with Crippen LogP contribution >= 0.6 is 34.8 Å². The van der Waals surface area contributed by atoms with Crippen molar-refractivity contribution < 1.29 is 19.1 Å². The topological polar surface area (TPSA) is 100 Å². The van der Waals surface area contributed by atoms with E-state index in [-0.39, 0.29) is 23.0 Å². The Morgan fingerprint density at radius 3 is 2.25 bits per heavy atom. The summed E-state index contributed by atoms with van der Waals surface area (Å²) in [5.74, 6) is -0.0611. The first-order chi connectivity index (χ1) is 17.3. The second-order valence-corrected chi connectivity index (χ2v) is 8.46. The number of benzene rings is 3. The number of rotatable bonds is 9. The van der Waals surface area contributed by atoms with Crippen molar-refractivity contribution in [3.63, 3.8) is 0 Å². The number of hydrogen-bond acceptors (Lipinski definition) is 5. The molecule has 0 radical (unpaired) electrons. The highest BCUT2D eigenvalue weighted by Crippen LogP contribution is 2.27. The lowest BCUT2D eigenvalue weighted by molar-refractivity contribution is -0.118. The molecule has 3 aromatic carbocycles. The molecule has 2 N–H and O–H groups in total. The van der Waals surface area contributed by atoms with Crippen molar-refractivity contribution in [2.45, 2.75) is 6.92 Å². The van der Waals surface area contributed by atoms with Gasteiger partial charge in [-0.2, -0.15) is 5.26 Å². The highest BCUT2D eigenvalue weighted by molar-refractivity contribution is 6.42. The molecule has 3 rings (SSSR count). The normalized spacial score (nSPS) is 10.8. The first-order valence-corrected chi connectivity index (χ1v) is 11.8. The van der Waals surface area contributed by atoms with Crippen LogP contribution in [0.5, 0.6) is 11.5 Å². The maximum atomic E-state index is 12.5. The average molecular weight is 545 g/mol. The maximum Gasteiger partial charge on any atom is 0.266 e. The summed E-state index contributed by atoms with van der Waals surface area (Å²) in [6.07, 6.45) is 1.40. The molecular formula is C26H20Cl3N3O4. The minimum absolute atomic E-state index is 0.116. The van der Waals surface area contributed by atoms with Crippen LogP contribution in [0.15, 0.2) is 66.2 Å². The smallest absolute Gasteiger partial charge is 0.266 e. The van der Waals surface area contributed by atoms with Crippen LogP contribution in [0.3, 0.4) is 0 Å². The molecular weight excluding hydrogens is 525 g/mol. The first-order valence-electron chi connectivity index (χ1n) is 10.6. The molecule has 0 saturated heterocycles. The number of carbonyl (C=O) groups is 2. The molecule has 7 nitrogen and oxygen atoms in total. The van der Waals surface area contributed by atoms with Crippen LogP contribution in [0.4, 0.5) is 11.4 Å². The van der Waals surface area contributed by atoms with E-state index in [1.165, 1.54) is 18.2 Å². The standard InChI is InChI=1S/C26H20Cl3N3O4/c1-2-35-20-7-4-18(5-8-20)32-26(34)17(14-30)11-16-3-10-24(23(29)12-16)36-15-25(33)31-19-6-9-21(27)22(28)13-19/h3-13H,2,15H2,1H3,(H,31,33)(H,32,34)/b17-11+. The minimum Gasteiger partial charge on any atom is -0.494 e. The molecule has 0 aromatic heterocycles. The Labute approximate surface area is 223 Å². The molecule has 3 aromatic rings. The quantitative estimate of drug-likeness (QED) is 0.233. The zero-order chi connectivity index (χ0) is 26.1. The van der Waals surface area contributed by atoms with E-state index >= 15 is 0 Å². The van der Waals surface area contributed by atoms with Crippen molar-refractivity contribution in [2.24, 2.45) is 0 Å². The van der Waals surface area contributed by atoms with Gasteiger partial charge >= 0.3 is 0 Å². The van der Waals surface area contributed by atoms with Gasteiger partial charge in [-0.05, 0) is 73.2 Å². The van der Waals surface area contributed by atoms with Gasteiger partial charge in [0.15, 0.2) is 6.61 Å². The van der Waals surface area contributed by atoms with Gasteiger partial charge in [0.25, 0.3) is 11.8 Å². The molecule has 184 valence electrons. The van der Waals surface area contributed by atoms with Gasteiger partial charge in [-0.15, -0.1) is 0 Å². The van der Waals surface area contributed by atoms with Crippen molar-refractivity contribution in [3.8, 4) is 17.6 Å². The van der Waals surface area contributed by atoms with Gasteiger partial charge in [0.05, 0.1) is 21.7 Å². The Bertz CT molecular complexity index is 1340. The lowest BCUT2D eigenvalue weighted by Gasteiger charge is -2.10. The molecule has 0 aliphatic carbocycles. The molecule has 0 fully saturated rings. The van der Waals surface area contributed by atoms with Gasteiger partial charge in [-0.25, -0.2) is 0 Å². The Hall–Kier alpha value is -3.70. The van der Waals surface area contributed by atoms with Crippen LogP contribution in [0.2, 0.25) is 15.1 Å². The average Bonchev–Trinajstić information content (AvgIpc) is 2.85. The van der Waals surface area contributed by atoms with Crippen LogP contribution in [0.25, 0.3) is 6.08 Å². The summed E-state index contributed by atoms with van der Waals surface area (Å²) in [6, 6.07) is 18.1. The third-order valence-corrected chi connectivity index (χ3v) is 5.65. The fourth-order valence-corrected chi connectivity index (χ4v) is 3.49. The van der Waals surface area contributed by atoms with Gasteiger partial charge in [0.2, 0.25) is 0 Å². The first kappa shape index (κ1) is 26.9. The number of ether oxygens (including phenoxy) is 2. The predicted octanol–water partition coefficient (Wildman–Crippen LogP) is 6.61. The fourth-order valence-electron chi connectivity index (χ4n) is 2.95. The summed E-state index contributed by atoms with van der Waals surface area (Å²) >= 11 is 18.1. The second-order valence-electron chi connectivity index (χ2n) is 7.24. The highest BCUT2D eigenvalue weighted by Gasteiger charge is 2.12. The van der Waals surface area contributed by atoms with Crippen LogP contribution in [-0.2, 0) is 9.59 Å². The van der Waals surface area contributed by atoms with E-state index in [2.05, 4.69) is 10.6 Å². The van der Waals surface area contributed by atoms with Crippen molar-refractivity contribution in [1.29, 1.82) is 5.26 Å². The van der Waals surface area contributed by atoms with Crippen molar-refractivity contribution in [3.05, 3.63) is 86.9 Å². The molecule has 0 aliphatic rings. The molecule has 0 aliphatic heterocycles. The predicted molar refractivity (Wildman–Crippen MR) is 142 cm³/mol. The van der Waals surface area contributed by atoms with Crippen LogP contribution in [-0.4, -0.2) is 25.0 Å². The lowest BCUT2D eigenvalue weighted by Crippen LogP contribution is -2.20. The number of halogens is 3. The summed E-state index contributed by atoms with van der Waals surface area (Å²) in [7, 11) is 0. The molecule has 0 unspecified atom stereocenters. The zero-order valence-electron chi connectivity index (χ0n) is 19.0. The maximum absolute atomic E-state index is 12.5. The molecule has 10 heteroatoms. The summed E-state index contributed by atoms with van der Waals surface area (Å²) < 4.78 is 10.9. The van der Waals surface area contributed by atoms with E-state index < -0.39 is 11.8 Å². The zero-order valence-corrected chi connectivity index (χ0v) is 21.2. The Morgan fingerprint density at radius 2 is 1.61 bits per heavy atom. The van der Waals surface area contributed by atoms with Crippen LogP contribution < -0.4 is 20.1 Å². The van der Waals surface area contributed by atoms with Crippen LogP contribution in [0.1, 0.15) is 12.5 Å². The third-order valence-electron chi connectivity index (χ3n) is 4.62. The van der Waals surface area contributed by atoms with Crippen molar-refractivity contribution >= 4 is 64.1 Å². The Morgan fingerprint density at radius 1 is 0.889 bits per heavy atom. The number of anilines is 2. The van der Waals surface area contributed by atoms with Crippen molar-refractivity contribution in [2.75, 3.05) is 23.8 Å².